The summed E-state index contributed by atoms with van der Waals surface area (Å²) in [7, 11) is 0. The lowest BCUT2D eigenvalue weighted by Crippen LogP contribution is -2.14. The average Bonchev–Trinajstić information content (AvgIpc) is 2.67. The molecule has 0 aliphatic rings. The molecule has 0 aromatic heterocycles. The molecular formula is C21H26N2O5. The Morgan fingerprint density at radius 3 is 2.68 bits per heavy atom. The van der Waals surface area contributed by atoms with E-state index in [-0.39, 0.29) is 11.6 Å². The molecule has 0 radical (unpaired) electrons. The summed E-state index contributed by atoms with van der Waals surface area (Å²) in [5.74, 6) is 0.337. The first-order chi connectivity index (χ1) is 13.5. The summed E-state index contributed by atoms with van der Waals surface area (Å²) in [4.78, 5) is 23.3. The van der Waals surface area contributed by atoms with Crippen molar-refractivity contribution in [2.75, 3.05) is 18.5 Å². The van der Waals surface area contributed by atoms with Crippen molar-refractivity contribution in [3.05, 3.63) is 63.2 Å². The number of nitro groups is 1. The van der Waals surface area contributed by atoms with E-state index < -0.39 is 4.92 Å². The van der Waals surface area contributed by atoms with Crippen molar-refractivity contribution in [3.63, 3.8) is 0 Å². The maximum absolute atomic E-state index is 12.7. The number of carbonyl (C=O) groups excluding carboxylic acids is 1. The lowest BCUT2D eigenvalue weighted by molar-refractivity contribution is -0.385. The molecule has 0 bridgehead atoms. The largest absolute Gasteiger partial charge is 0.494 e. The van der Waals surface area contributed by atoms with Crippen LogP contribution in [-0.2, 0) is 11.3 Å². The second-order valence-electron chi connectivity index (χ2n) is 6.32. The molecule has 2 aromatic rings. The van der Waals surface area contributed by atoms with E-state index in [0.29, 0.717) is 42.4 Å². The first kappa shape index (κ1) is 21.4. The smallest absolute Gasteiger partial charge is 0.274 e. The number of benzene rings is 2. The standard InChI is InChI=1S/C21H26N2O5/c1-4-6-12-27-14-17-13-16(10-11-20(17)28-5-2)21(24)22-18-8-7-9-19(15(18)3)23(25)26/h7-11,13H,4-6,12,14H2,1-3H3,(H,22,24). The molecule has 2 aromatic carbocycles. The first-order valence-electron chi connectivity index (χ1n) is 9.36. The highest BCUT2D eigenvalue weighted by Gasteiger charge is 2.16. The molecule has 0 fully saturated rings. The van der Waals surface area contributed by atoms with Crippen LogP contribution in [0.5, 0.6) is 5.75 Å². The fourth-order valence-electron chi connectivity index (χ4n) is 2.71. The summed E-state index contributed by atoms with van der Waals surface area (Å²) >= 11 is 0. The fourth-order valence-corrected chi connectivity index (χ4v) is 2.71. The number of carbonyl (C=O) groups is 1. The summed E-state index contributed by atoms with van der Waals surface area (Å²) in [5.41, 5.74) is 2.02. The van der Waals surface area contributed by atoms with Gasteiger partial charge in [0.05, 0.1) is 29.4 Å². The third kappa shape index (κ3) is 5.53. The lowest BCUT2D eigenvalue weighted by Gasteiger charge is -2.13. The van der Waals surface area contributed by atoms with Crippen LogP contribution in [0.4, 0.5) is 11.4 Å². The number of anilines is 1. The number of amides is 1. The molecule has 1 amide bonds. The number of hydrogen-bond acceptors (Lipinski definition) is 5. The van der Waals surface area contributed by atoms with E-state index in [2.05, 4.69) is 12.2 Å². The molecule has 0 saturated heterocycles. The highest BCUT2D eigenvalue weighted by Crippen LogP contribution is 2.26. The van der Waals surface area contributed by atoms with Gasteiger partial charge in [-0.3, -0.25) is 14.9 Å². The highest BCUT2D eigenvalue weighted by atomic mass is 16.6. The molecule has 7 heteroatoms. The average molecular weight is 386 g/mol. The Bertz CT molecular complexity index is 836. The minimum absolute atomic E-state index is 0.0329. The van der Waals surface area contributed by atoms with E-state index in [9.17, 15) is 14.9 Å². The molecule has 0 heterocycles. The summed E-state index contributed by atoms with van der Waals surface area (Å²) in [6.07, 6.45) is 2.01. The Labute approximate surface area is 164 Å². The minimum atomic E-state index is -0.465. The van der Waals surface area contributed by atoms with Crippen LogP contribution in [0.1, 0.15) is 48.2 Å². The zero-order chi connectivity index (χ0) is 20.5. The molecule has 0 atom stereocenters. The second-order valence-corrected chi connectivity index (χ2v) is 6.32. The van der Waals surface area contributed by atoms with Crippen LogP contribution < -0.4 is 10.1 Å². The first-order valence-corrected chi connectivity index (χ1v) is 9.36. The Morgan fingerprint density at radius 1 is 1.21 bits per heavy atom. The molecule has 0 unspecified atom stereocenters. The van der Waals surface area contributed by atoms with Crippen LogP contribution in [0.15, 0.2) is 36.4 Å². The zero-order valence-electron chi connectivity index (χ0n) is 16.5. The number of nitrogens with one attached hydrogen (secondary N) is 1. The topological polar surface area (TPSA) is 90.7 Å². The maximum atomic E-state index is 12.7. The van der Waals surface area contributed by atoms with E-state index in [1.165, 1.54) is 6.07 Å². The molecule has 0 spiro atoms. The zero-order valence-corrected chi connectivity index (χ0v) is 16.5. The Balaban J connectivity index is 2.20. The van der Waals surface area contributed by atoms with Gasteiger partial charge in [-0.05, 0) is 44.5 Å². The quantitative estimate of drug-likeness (QED) is 0.357. The van der Waals surface area contributed by atoms with Crippen LogP contribution >= 0.6 is 0 Å². The van der Waals surface area contributed by atoms with Crippen LogP contribution in [0.2, 0.25) is 0 Å². The number of nitrogens with zero attached hydrogens (tertiary/aromatic N) is 1. The maximum Gasteiger partial charge on any atom is 0.274 e. The summed E-state index contributed by atoms with van der Waals surface area (Å²) < 4.78 is 11.3. The van der Waals surface area contributed by atoms with Crippen molar-refractivity contribution in [2.45, 2.75) is 40.2 Å². The predicted molar refractivity (Wildman–Crippen MR) is 108 cm³/mol. The molecule has 1 N–H and O–H groups in total. The third-order valence-electron chi connectivity index (χ3n) is 4.27. The number of rotatable bonds is 10. The van der Waals surface area contributed by atoms with Crippen LogP contribution in [-0.4, -0.2) is 24.0 Å². The lowest BCUT2D eigenvalue weighted by atomic mass is 10.1. The SMILES string of the molecule is CCCCOCc1cc(C(=O)Nc2cccc([N+](=O)[O-])c2C)ccc1OCC. The van der Waals surface area contributed by atoms with Gasteiger partial charge in [-0.2, -0.15) is 0 Å². The van der Waals surface area contributed by atoms with Crippen molar-refractivity contribution in [1.29, 1.82) is 0 Å². The van der Waals surface area contributed by atoms with Crippen molar-refractivity contribution < 1.29 is 19.2 Å². The van der Waals surface area contributed by atoms with Crippen molar-refractivity contribution in [1.82, 2.24) is 0 Å². The molecule has 0 saturated carbocycles. The molecule has 28 heavy (non-hydrogen) atoms. The van der Waals surface area contributed by atoms with E-state index in [1.807, 2.05) is 6.92 Å². The third-order valence-corrected chi connectivity index (χ3v) is 4.27. The monoisotopic (exact) mass is 386 g/mol. The van der Waals surface area contributed by atoms with E-state index in [0.717, 1.165) is 18.4 Å². The van der Waals surface area contributed by atoms with Gasteiger partial charge >= 0.3 is 0 Å². The summed E-state index contributed by atoms with van der Waals surface area (Å²) in [6.45, 7) is 7.11. The second kappa shape index (κ2) is 10.4. The fraction of sp³-hybridized carbons (Fsp3) is 0.381. The molecule has 0 aliphatic heterocycles. The van der Waals surface area contributed by atoms with Crippen molar-refractivity contribution in [3.8, 4) is 5.75 Å². The van der Waals surface area contributed by atoms with Gasteiger partial charge in [-0.15, -0.1) is 0 Å². The van der Waals surface area contributed by atoms with Gasteiger partial charge in [0.15, 0.2) is 0 Å². The Hall–Kier alpha value is -2.93. The van der Waals surface area contributed by atoms with Gasteiger partial charge in [0, 0.05) is 23.8 Å². The van der Waals surface area contributed by atoms with Crippen LogP contribution in [0, 0.1) is 17.0 Å². The van der Waals surface area contributed by atoms with Crippen LogP contribution in [0.25, 0.3) is 0 Å². The summed E-state index contributed by atoms with van der Waals surface area (Å²) in [5, 5.41) is 13.8. The van der Waals surface area contributed by atoms with E-state index in [1.54, 1.807) is 37.3 Å². The van der Waals surface area contributed by atoms with E-state index in [4.69, 9.17) is 9.47 Å². The Morgan fingerprint density at radius 2 is 2.00 bits per heavy atom. The van der Waals surface area contributed by atoms with Gasteiger partial charge in [-0.25, -0.2) is 0 Å². The number of nitro benzene ring substituents is 1. The number of ether oxygens (including phenoxy) is 2. The van der Waals surface area contributed by atoms with E-state index >= 15 is 0 Å². The van der Waals surface area contributed by atoms with Gasteiger partial charge in [0.25, 0.3) is 11.6 Å². The minimum Gasteiger partial charge on any atom is -0.494 e. The molecule has 0 aliphatic carbocycles. The molecular weight excluding hydrogens is 360 g/mol. The molecule has 7 nitrogen and oxygen atoms in total. The normalized spacial score (nSPS) is 10.5. The number of unbranched alkanes of at least 4 members (excludes halogenated alkanes) is 1. The van der Waals surface area contributed by atoms with Gasteiger partial charge in [0.1, 0.15) is 5.75 Å². The summed E-state index contributed by atoms with van der Waals surface area (Å²) in [6, 6.07) is 9.75. The van der Waals surface area contributed by atoms with Crippen molar-refractivity contribution >= 4 is 17.3 Å². The number of hydrogen-bond donors (Lipinski definition) is 1. The van der Waals surface area contributed by atoms with Crippen molar-refractivity contribution in [2.24, 2.45) is 0 Å². The van der Waals surface area contributed by atoms with Gasteiger partial charge < -0.3 is 14.8 Å². The van der Waals surface area contributed by atoms with Crippen LogP contribution in [0.3, 0.4) is 0 Å². The molecule has 150 valence electrons. The Kier molecular flexibility index (Phi) is 7.95. The van der Waals surface area contributed by atoms with Gasteiger partial charge in [0.2, 0.25) is 0 Å². The predicted octanol–water partition coefficient (Wildman–Crippen LogP) is 4.87. The van der Waals surface area contributed by atoms with Gasteiger partial charge in [-0.1, -0.05) is 19.4 Å². The highest BCUT2D eigenvalue weighted by molar-refractivity contribution is 6.05. The molecule has 2 rings (SSSR count).